The Kier molecular flexibility index (Phi) is 6.01. The third-order valence-electron chi connectivity index (χ3n) is 3.85. The van der Waals surface area contributed by atoms with Gasteiger partial charge in [-0.1, -0.05) is 6.07 Å². The standard InChI is InChI=1S/C20H17FN2O3S2/c1-27-18-11-9-16(10-12-18)22-20(24)14-3-2-4-19(13-14)28(25,26)23-17-7-5-15(21)6-8-17/h2-13,23H,1H3,(H,22,24). The average Bonchev–Trinajstić information content (AvgIpc) is 2.70. The van der Waals surface area contributed by atoms with E-state index in [2.05, 4.69) is 10.0 Å². The fourth-order valence-corrected chi connectivity index (χ4v) is 3.93. The largest absolute Gasteiger partial charge is 0.322 e. The highest BCUT2D eigenvalue weighted by Crippen LogP contribution is 2.20. The zero-order valence-corrected chi connectivity index (χ0v) is 16.5. The molecule has 0 aliphatic heterocycles. The molecule has 0 saturated carbocycles. The van der Waals surface area contributed by atoms with Crippen molar-refractivity contribution >= 4 is 39.1 Å². The van der Waals surface area contributed by atoms with Gasteiger partial charge in [-0.3, -0.25) is 9.52 Å². The summed E-state index contributed by atoms with van der Waals surface area (Å²) in [6, 6.07) is 18.0. The molecule has 5 nitrogen and oxygen atoms in total. The molecule has 144 valence electrons. The number of sulfonamides is 1. The molecule has 0 atom stereocenters. The normalized spacial score (nSPS) is 11.1. The monoisotopic (exact) mass is 416 g/mol. The van der Waals surface area contributed by atoms with E-state index in [1.54, 1.807) is 23.9 Å². The minimum atomic E-state index is -3.92. The van der Waals surface area contributed by atoms with Crippen molar-refractivity contribution in [2.45, 2.75) is 9.79 Å². The van der Waals surface area contributed by atoms with Crippen LogP contribution in [0, 0.1) is 5.82 Å². The molecule has 8 heteroatoms. The summed E-state index contributed by atoms with van der Waals surface area (Å²) in [5.41, 5.74) is 1.04. The summed E-state index contributed by atoms with van der Waals surface area (Å²) in [4.78, 5) is 13.5. The molecule has 0 aliphatic rings. The van der Waals surface area contributed by atoms with Crippen molar-refractivity contribution in [1.82, 2.24) is 0 Å². The third kappa shape index (κ3) is 4.90. The quantitative estimate of drug-likeness (QED) is 0.576. The number of amides is 1. The Labute approximate surface area is 167 Å². The number of carbonyl (C=O) groups is 1. The number of carbonyl (C=O) groups excluding carboxylic acids is 1. The summed E-state index contributed by atoms with van der Waals surface area (Å²) >= 11 is 1.59. The maximum atomic E-state index is 13.0. The van der Waals surface area contributed by atoms with Crippen molar-refractivity contribution in [2.75, 3.05) is 16.3 Å². The van der Waals surface area contributed by atoms with E-state index in [1.807, 2.05) is 18.4 Å². The lowest BCUT2D eigenvalue weighted by Gasteiger charge is -2.10. The van der Waals surface area contributed by atoms with Crippen LogP contribution in [0.3, 0.4) is 0 Å². The summed E-state index contributed by atoms with van der Waals surface area (Å²) in [5, 5.41) is 2.74. The number of nitrogens with one attached hydrogen (secondary N) is 2. The second kappa shape index (κ2) is 8.45. The maximum absolute atomic E-state index is 13.0. The van der Waals surface area contributed by atoms with E-state index in [0.717, 1.165) is 17.0 Å². The van der Waals surface area contributed by atoms with Gasteiger partial charge in [0.25, 0.3) is 15.9 Å². The van der Waals surface area contributed by atoms with Gasteiger partial charge in [-0.15, -0.1) is 11.8 Å². The van der Waals surface area contributed by atoms with Gasteiger partial charge in [0.15, 0.2) is 0 Å². The van der Waals surface area contributed by atoms with Crippen LogP contribution >= 0.6 is 11.8 Å². The zero-order chi connectivity index (χ0) is 20.1. The highest BCUT2D eigenvalue weighted by Gasteiger charge is 2.17. The van der Waals surface area contributed by atoms with E-state index in [1.165, 1.54) is 36.4 Å². The van der Waals surface area contributed by atoms with Crippen molar-refractivity contribution in [3.63, 3.8) is 0 Å². The molecule has 2 N–H and O–H groups in total. The van der Waals surface area contributed by atoms with E-state index in [0.29, 0.717) is 5.69 Å². The molecule has 1 amide bonds. The zero-order valence-electron chi connectivity index (χ0n) is 14.8. The molecule has 0 heterocycles. The maximum Gasteiger partial charge on any atom is 0.261 e. The number of benzene rings is 3. The number of rotatable bonds is 6. The summed E-state index contributed by atoms with van der Waals surface area (Å²) in [6.07, 6.45) is 1.96. The van der Waals surface area contributed by atoms with Crippen LogP contribution in [0.25, 0.3) is 0 Å². The van der Waals surface area contributed by atoms with Crippen LogP contribution in [0.1, 0.15) is 10.4 Å². The van der Waals surface area contributed by atoms with Gasteiger partial charge in [0.1, 0.15) is 5.82 Å². The molecule has 3 aromatic rings. The number of thioether (sulfide) groups is 1. The van der Waals surface area contributed by atoms with Gasteiger partial charge < -0.3 is 5.32 Å². The number of anilines is 2. The first-order valence-corrected chi connectivity index (χ1v) is 10.9. The van der Waals surface area contributed by atoms with Gasteiger partial charge >= 0.3 is 0 Å². The number of hydrogen-bond donors (Lipinski definition) is 2. The first kappa shape index (κ1) is 19.9. The van der Waals surface area contributed by atoms with Gasteiger partial charge in [0, 0.05) is 21.8 Å². The highest BCUT2D eigenvalue weighted by molar-refractivity contribution is 7.98. The Morgan fingerprint density at radius 1 is 0.929 bits per heavy atom. The van der Waals surface area contributed by atoms with Crippen molar-refractivity contribution in [3.05, 3.63) is 84.2 Å². The van der Waals surface area contributed by atoms with Crippen LogP contribution in [0.5, 0.6) is 0 Å². The Bertz CT molecular complexity index is 1080. The fourth-order valence-electron chi connectivity index (χ4n) is 2.41. The molecule has 0 bridgehead atoms. The molecule has 0 unspecified atom stereocenters. The first-order valence-electron chi connectivity index (χ1n) is 8.21. The summed E-state index contributed by atoms with van der Waals surface area (Å²) in [6.45, 7) is 0. The lowest BCUT2D eigenvalue weighted by molar-refractivity contribution is 0.102. The number of hydrogen-bond acceptors (Lipinski definition) is 4. The van der Waals surface area contributed by atoms with Crippen LogP contribution in [-0.4, -0.2) is 20.6 Å². The molecule has 3 aromatic carbocycles. The number of halogens is 1. The Morgan fingerprint density at radius 3 is 2.21 bits per heavy atom. The minimum Gasteiger partial charge on any atom is -0.322 e. The van der Waals surface area contributed by atoms with Crippen molar-refractivity contribution < 1.29 is 17.6 Å². The van der Waals surface area contributed by atoms with E-state index < -0.39 is 21.7 Å². The van der Waals surface area contributed by atoms with Crippen molar-refractivity contribution in [3.8, 4) is 0 Å². The minimum absolute atomic E-state index is 0.0674. The first-order chi connectivity index (χ1) is 13.4. The van der Waals surface area contributed by atoms with E-state index in [-0.39, 0.29) is 16.1 Å². The Hall–Kier alpha value is -2.84. The molecule has 0 saturated heterocycles. The van der Waals surface area contributed by atoms with E-state index in [9.17, 15) is 17.6 Å². The second-order valence-corrected chi connectivity index (χ2v) is 8.38. The van der Waals surface area contributed by atoms with Gasteiger partial charge in [-0.25, -0.2) is 12.8 Å². The van der Waals surface area contributed by atoms with Crippen molar-refractivity contribution in [1.29, 1.82) is 0 Å². The topological polar surface area (TPSA) is 75.3 Å². The predicted octanol–water partition coefficient (Wildman–Crippen LogP) is 4.60. The molecule has 0 radical (unpaired) electrons. The molecule has 0 aromatic heterocycles. The summed E-state index contributed by atoms with van der Waals surface area (Å²) < 4.78 is 40.4. The highest BCUT2D eigenvalue weighted by atomic mass is 32.2. The van der Waals surface area contributed by atoms with Crippen LogP contribution in [0.15, 0.2) is 82.6 Å². The lowest BCUT2D eigenvalue weighted by Crippen LogP contribution is -2.16. The summed E-state index contributed by atoms with van der Waals surface area (Å²) in [5.74, 6) is -0.886. The second-order valence-electron chi connectivity index (χ2n) is 5.82. The Morgan fingerprint density at radius 2 is 1.57 bits per heavy atom. The predicted molar refractivity (Wildman–Crippen MR) is 110 cm³/mol. The molecule has 0 spiro atoms. The van der Waals surface area contributed by atoms with Crippen LogP contribution in [0.4, 0.5) is 15.8 Å². The lowest BCUT2D eigenvalue weighted by atomic mass is 10.2. The van der Waals surface area contributed by atoms with Crippen molar-refractivity contribution in [2.24, 2.45) is 0 Å². The van der Waals surface area contributed by atoms with Crippen LogP contribution in [-0.2, 0) is 10.0 Å². The summed E-state index contributed by atoms with van der Waals surface area (Å²) in [7, 11) is -3.92. The molecule has 28 heavy (non-hydrogen) atoms. The van der Waals surface area contributed by atoms with Gasteiger partial charge in [-0.05, 0) is 73.0 Å². The fraction of sp³-hybridized carbons (Fsp3) is 0.0500. The van der Waals surface area contributed by atoms with Crippen LogP contribution < -0.4 is 10.0 Å². The van der Waals surface area contributed by atoms with Crippen LogP contribution in [0.2, 0.25) is 0 Å². The van der Waals surface area contributed by atoms with Gasteiger partial charge in [0.2, 0.25) is 0 Å². The SMILES string of the molecule is CSc1ccc(NC(=O)c2cccc(S(=O)(=O)Nc3ccc(F)cc3)c2)cc1. The Balaban J connectivity index is 1.78. The molecule has 0 fully saturated rings. The van der Waals surface area contributed by atoms with Gasteiger partial charge in [0.05, 0.1) is 4.90 Å². The van der Waals surface area contributed by atoms with E-state index >= 15 is 0 Å². The average molecular weight is 416 g/mol. The van der Waals surface area contributed by atoms with E-state index in [4.69, 9.17) is 0 Å². The van der Waals surface area contributed by atoms with Gasteiger partial charge in [-0.2, -0.15) is 0 Å². The molecular weight excluding hydrogens is 399 g/mol. The molecule has 0 aliphatic carbocycles. The molecule has 3 rings (SSSR count). The smallest absolute Gasteiger partial charge is 0.261 e. The third-order valence-corrected chi connectivity index (χ3v) is 5.97. The molecular formula is C20H17FN2O3S2.